The van der Waals surface area contributed by atoms with E-state index >= 15 is 0 Å². The van der Waals surface area contributed by atoms with Crippen LogP contribution in [0.15, 0.2) is 35.2 Å². The molecule has 8 nitrogen and oxygen atoms in total. The van der Waals surface area contributed by atoms with Gasteiger partial charge in [-0.15, -0.1) is 4.73 Å². The van der Waals surface area contributed by atoms with Gasteiger partial charge in [0.15, 0.2) is 0 Å². The maximum Gasteiger partial charge on any atom is 0.338 e. The molecule has 0 aliphatic carbocycles. The van der Waals surface area contributed by atoms with Crippen LogP contribution < -0.4 is 9.74 Å². The fourth-order valence-electron chi connectivity index (χ4n) is 2.70. The number of aromatic nitrogens is 1. The molecule has 3 rings (SSSR count). The molecule has 2 N–H and O–H groups in total. The first-order valence-corrected chi connectivity index (χ1v) is 8.47. The Morgan fingerprint density at radius 1 is 1.27 bits per heavy atom. The summed E-state index contributed by atoms with van der Waals surface area (Å²) in [7, 11) is 1.36. The van der Waals surface area contributed by atoms with Crippen LogP contribution in [-0.4, -0.2) is 41.1 Å². The van der Waals surface area contributed by atoms with E-state index in [1.807, 2.05) is 0 Å². The van der Waals surface area contributed by atoms with Gasteiger partial charge in [-0.3, -0.25) is 0 Å². The second-order valence-corrected chi connectivity index (χ2v) is 6.39. The van der Waals surface area contributed by atoms with Gasteiger partial charge < -0.3 is 20.0 Å². The number of rotatable bonds is 6. The summed E-state index contributed by atoms with van der Waals surface area (Å²) in [6, 6.07) is 7.01. The van der Waals surface area contributed by atoms with E-state index in [1.165, 1.54) is 25.3 Å². The van der Waals surface area contributed by atoms with Crippen LogP contribution in [0, 0.1) is 11.7 Å². The summed E-state index contributed by atoms with van der Waals surface area (Å²) in [6.07, 6.45) is 0.463. The molecule has 2 heterocycles. The number of carbonyl (C=O) groups excluding carboxylic acids is 1. The van der Waals surface area contributed by atoms with Crippen LogP contribution in [0.4, 0.5) is 10.1 Å². The van der Waals surface area contributed by atoms with Gasteiger partial charge in [-0.2, -0.15) is 4.33 Å². The molecule has 1 atom stereocenters. The van der Waals surface area contributed by atoms with Gasteiger partial charge in [-0.05, 0) is 24.6 Å². The third-order valence-electron chi connectivity index (χ3n) is 3.96. The molecular weight excluding hydrogens is 367 g/mol. The number of hydrogen-bond donors (Lipinski definition) is 2. The summed E-state index contributed by atoms with van der Waals surface area (Å²) in [6.45, 7) is 0.737. The molecule has 0 radical (unpaired) electrons. The summed E-state index contributed by atoms with van der Waals surface area (Å²) in [5.41, 5.74) is 0.369. The predicted molar refractivity (Wildman–Crippen MR) is 90.0 cm³/mol. The summed E-state index contributed by atoms with van der Waals surface area (Å²) < 4.78 is 19.7. The molecule has 0 saturated carbocycles. The van der Waals surface area contributed by atoms with Crippen molar-refractivity contribution in [3.05, 3.63) is 36.1 Å². The minimum absolute atomic E-state index is 0.263. The molecule has 1 aliphatic heterocycles. The first-order chi connectivity index (χ1) is 12.5. The van der Waals surface area contributed by atoms with E-state index in [0.29, 0.717) is 28.3 Å². The number of nitrogens with zero attached hydrogens (tertiary/aromatic N) is 2. The normalized spacial score (nSPS) is 16.8. The van der Waals surface area contributed by atoms with E-state index in [4.69, 9.17) is 4.84 Å². The van der Waals surface area contributed by atoms with Gasteiger partial charge in [0.1, 0.15) is 5.82 Å². The van der Waals surface area contributed by atoms with Crippen molar-refractivity contribution < 1.29 is 33.5 Å². The van der Waals surface area contributed by atoms with Crippen LogP contribution in [0.5, 0.6) is 11.8 Å². The molecule has 1 fully saturated rings. The molecule has 10 heteroatoms. The van der Waals surface area contributed by atoms with E-state index < -0.39 is 17.7 Å². The lowest BCUT2D eigenvalue weighted by Crippen LogP contribution is -2.29. The smallest absolute Gasteiger partial charge is 0.338 e. The average molecular weight is 384 g/mol. The summed E-state index contributed by atoms with van der Waals surface area (Å²) >= 11 is 0.891. The monoisotopic (exact) mass is 384 g/mol. The minimum Gasteiger partial charge on any atom is -0.492 e. The van der Waals surface area contributed by atoms with Gasteiger partial charge in [-0.25, -0.2) is 14.1 Å². The molecule has 1 saturated heterocycles. The number of carbonyl (C=O) groups is 1. The summed E-state index contributed by atoms with van der Waals surface area (Å²) in [4.78, 5) is 24.0. The molecule has 2 aromatic rings. The van der Waals surface area contributed by atoms with E-state index in [1.54, 1.807) is 17.0 Å². The van der Waals surface area contributed by atoms with Crippen LogP contribution >= 0.6 is 12.0 Å². The first kappa shape index (κ1) is 18.4. The molecular formula is C16H17FN2O6S. The van der Waals surface area contributed by atoms with Crippen molar-refractivity contribution in [3.63, 3.8) is 0 Å². The van der Waals surface area contributed by atoms with Crippen molar-refractivity contribution in [1.82, 2.24) is 4.73 Å². The maximum atomic E-state index is 14.3. The van der Waals surface area contributed by atoms with E-state index in [2.05, 4.69) is 9.22 Å². The highest BCUT2D eigenvalue weighted by Gasteiger charge is 2.32. The van der Waals surface area contributed by atoms with Crippen LogP contribution in [0.3, 0.4) is 0 Å². The van der Waals surface area contributed by atoms with Gasteiger partial charge >= 0.3 is 5.97 Å². The van der Waals surface area contributed by atoms with Gasteiger partial charge in [-0.1, -0.05) is 0 Å². The van der Waals surface area contributed by atoms with Crippen molar-refractivity contribution in [1.29, 1.82) is 0 Å². The summed E-state index contributed by atoms with van der Waals surface area (Å²) in [5, 5.41) is 19.0. The molecule has 0 spiro atoms. The Hall–Kier alpha value is -2.43. The molecule has 1 aliphatic rings. The second-order valence-electron chi connectivity index (χ2n) is 5.62. The van der Waals surface area contributed by atoms with Crippen LogP contribution in [0.1, 0.15) is 6.42 Å². The third-order valence-corrected chi connectivity index (χ3v) is 4.61. The molecule has 0 unspecified atom stereocenters. The summed E-state index contributed by atoms with van der Waals surface area (Å²) in [5.74, 6) is -2.34. The third kappa shape index (κ3) is 3.87. The van der Waals surface area contributed by atoms with Gasteiger partial charge in [0.05, 0.1) is 30.8 Å². The highest BCUT2D eigenvalue weighted by molar-refractivity contribution is 7.94. The number of hydrogen-bond acceptors (Lipinski definition) is 8. The zero-order chi connectivity index (χ0) is 18.7. The zero-order valence-electron chi connectivity index (χ0n) is 13.8. The van der Waals surface area contributed by atoms with Crippen LogP contribution in [-0.2, 0) is 14.0 Å². The Labute approximate surface area is 152 Å². The predicted octanol–water partition coefficient (Wildman–Crippen LogP) is 2.11. The molecule has 1 aromatic carbocycles. The number of aromatic hydroxyl groups is 2. The lowest BCUT2D eigenvalue weighted by molar-refractivity contribution is -0.160. The molecule has 26 heavy (non-hydrogen) atoms. The first-order valence-electron chi connectivity index (χ1n) is 7.73. The van der Waals surface area contributed by atoms with Gasteiger partial charge in [0.2, 0.25) is 11.8 Å². The largest absolute Gasteiger partial charge is 0.492 e. The SMILES string of the molecule is COOSc1ccc(N2CC[C@H](C(=O)On3c(O)ccc3O)C2)c(F)c1. The lowest BCUT2D eigenvalue weighted by Gasteiger charge is -2.19. The number of halogens is 1. The second kappa shape index (κ2) is 7.85. The number of benzene rings is 1. The van der Waals surface area contributed by atoms with E-state index in [-0.39, 0.29) is 18.3 Å². The number of anilines is 1. The average Bonchev–Trinajstić information content (AvgIpc) is 3.22. The quantitative estimate of drug-likeness (QED) is 0.444. The standard InChI is InChI=1S/C16H17FN2O6S/c1-23-25-26-11-2-3-13(12(17)8-11)18-7-6-10(9-18)16(22)24-19-14(20)4-5-15(19)21/h2-5,8,10,20-21H,6-7,9H2,1H3/t10-/m0/s1. The Morgan fingerprint density at radius 3 is 2.65 bits per heavy atom. The zero-order valence-corrected chi connectivity index (χ0v) is 14.6. The Morgan fingerprint density at radius 2 is 2.00 bits per heavy atom. The van der Waals surface area contributed by atoms with Crippen LogP contribution in [0.2, 0.25) is 0 Å². The van der Waals surface area contributed by atoms with Gasteiger partial charge in [0.25, 0.3) is 0 Å². The minimum atomic E-state index is -0.615. The van der Waals surface area contributed by atoms with Crippen molar-refractivity contribution in [2.45, 2.75) is 11.3 Å². The molecule has 0 amide bonds. The fourth-order valence-corrected chi connectivity index (χ4v) is 3.12. The highest BCUT2D eigenvalue weighted by Crippen LogP contribution is 2.30. The van der Waals surface area contributed by atoms with E-state index in [9.17, 15) is 19.4 Å². The maximum absolute atomic E-state index is 14.3. The van der Waals surface area contributed by atoms with Crippen LogP contribution in [0.25, 0.3) is 0 Å². The van der Waals surface area contributed by atoms with E-state index in [0.717, 1.165) is 12.0 Å². The topological polar surface area (TPSA) is 93.4 Å². The fraction of sp³-hybridized carbons (Fsp3) is 0.312. The Balaban J connectivity index is 1.64. The molecule has 140 valence electrons. The Kier molecular flexibility index (Phi) is 5.55. The Bertz CT molecular complexity index is 780. The van der Waals surface area contributed by atoms with Crippen molar-refractivity contribution >= 4 is 23.7 Å². The highest BCUT2D eigenvalue weighted by atomic mass is 32.2. The van der Waals surface area contributed by atoms with Crippen molar-refractivity contribution in [2.24, 2.45) is 5.92 Å². The molecule has 1 aromatic heterocycles. The lowest BCUT2D eigenvalue weighted by atomic mass is 10.1. The molecule has 0 bridgehead atoms. The van der Waals surface area contributed by atoms with Gasteiger partial charge in [0, 0.05) is 30.1 Å². The van der Waals surface area contributed by atoms with Crippen molar-refractivity contribution in [3.8, 4) is 11.8 Å². The van der Waals surface area contributed by atoms with Crippen molar-refractivity contribution in [2.75, 3.05) is 25.1 Å².